The van der Waals surface area contributed by atoms with Crippen molar-refractivity contribution in [1.82, 2.24) is 13.9 Å². The first-order valence-corrected chi connectivity index (χ1v) is 7.74. The molecule has 4 heteroatoms. The first-order valence-electron chi connectivity index (χ1n) is 6.80. The highest BCUT2D eigenvalue weighted by atomic mass is 32.2. The normalized spacial score (nSPS) is 11.2. The van der Waals surface area contributed by atoms with E-state index in [2.05, 4.69) is 50.5 Å². The van der Waals surface area contributed by atoms with Gasteiger partial charge in [-0.15, -0.1) is 0 Å². The molecule has 2 aliphatic rings. The molecule has 2 aromatic rings. The molecular formula is C17H13N3S. The highest BCUT2D eigenvalue weighted by Crippen LogP contribution is 2.29. The molecule has 2 aromatic carbocycles. The second kappa shape index (κ2) is 5.22. The van der Waals surface area contributed by atoms with Crippen LogP contribution < -0.4 is 0 Å². The van der Waals surface area contributed by atoms with E-state index in [-0.39, 0.29) is 0 Å². The third kappa shape index (κ3) is 2.38. The van der Waals surface area contributed by atoms with Crippen LogP contribution in [0.5, 0.6) is 0 Å². The van der Waals surface area contributed by atoms with Gasteiger partial charge in [-0.2, -0.15) is 0 Å². The van der Waals surface area contributed by atoms with Crippen LogP contribution in [0.3, 0.4) is 0 Å². The Balaban J connectivity index is 1.67. The van der Waals surface area contributed by atoms with E-state index >= 15 is 0 Å². The number of fused-ring (bicyclic) bond motifs is 3. The van der Waals surface area contributed by atoms with Gasteiger partial charge in [-0.05, 0) is 23.6 Å². The van der Waals surface area contributed by atoms with Crippen molar-refractivity contribution in [3.8, 4) is 11.4 Å². The predicted octanol–water partition coefficient (Wildman–Crippen LogP) is 4.23. The van der Waals surface area contributed by atoms with E-state index in [9.17, 15) is 0 Å². The summed E-state index contributed by atoms with van der Waals surface area (Å²) in [4.78, 5) is 9.00. The first-order chi connectivity index (χ1) is 10.4. The molecule has 21 heavy (non-hydrogen) atoms. The van der Waals surface area contributed by atoms with Crippen molar-refractivity contribution in [3.05, 3.63) is 72.7 Å². The summed E-state index contributed by atoms with van der Waals surface area (Å²) in [5.41, 5.74) is 3.42. The predicted molar refractivity (Wildman–Crippen MR) is 87.3 cm³/mol. The molecule has 0 radical (unpaired) electrons. The van der Waals surface area contributed by atoms with E-state index in [1.807, 2.05) is 30.6 Å². The van der Waals surface area contributed by atoms with Crippen molar-refractivity contribution in [1.29, 1.82) is 0 Å². The monoisotopic (exact) mass is 291 g/mol. The van der Waals surface area contributed by atoms with Crippen LogP contribution >= 0.6 is 11.9 Å². The Hall–Kier alpha value is -2.33. The molecular weight excluding hydrogens is 278 g/mol. The number of hydrogen-bond donors (Lipinski definition) is 0. The Morgan fingerprint density at radius 3 is 2.67 bits per heavy atom. The lowest BCUT2D eigenvalue weighted by atomic mass is 10.2. The Morgan fingerprint density at radius 2 is 1.76 bits per heavy atom. The van der Waals surface area contributed by atoms with Gasteiger partial charge in [0.05, 0.1) is 5.52 Å². The van der Waals surface area contributed by atoms with Crippen LogP contribution in [0.25, 0.3) is 22.3 Å². The minimum absolute atomic E-state index is 0.813. The van der Waals surface area contributed by atoms with Crippen LogP contribution in [-0.4, -0.2) is 13.9 Å². The van der Waals surface area contributed by atoms with Crippen molar-refractivity contribution in [2.45, 2.75) is 5.75 Å². The maximum Gasteiger partial charge on any atom is 0.163 e. The summed E-state index contributed by atoms with van der Waals surface area (Å²) in [6, 6.07) is 18.6. The van der Waals surface area contributed by atoms with Crippen LogP contribution in [0, 0.1) is 0 Å². The van der Waals surface area contributed by atoms with Crippen LogP contribution in [-0.2, 0) is 5.75 Å². The molecule has 2 aliphatic heterocycles. The van der Waals surface area contributed by atoms with Crippen LogP contribution in [0.1, 0.15) is 5.56 Å². The van der Waals surface area contributed by atoms with Crippen LogP contribution in [0.15, 0.2) is 67.1 Å². The molecule has 0 bridgehead atoms. The van der Waals surface area contributed by atoms with Crippen molar-refractivity contribution in [2.24, 2.45) is 0 Å². The lowest BCUT2D eigenvalue weighted by molar-refractivity contribution is 1.09. The van der Waals surface area contributed by atoms with Crippen LogP contribution in [0.2, 0.25) is 0 Å². The number of benzene rings is 2. The van der Waals surface area contributed by atoms with Crippen molar-refractivity contribution in [2.75, 3.05) is 0 Å². The molecule has 2 heterocycles. The smallest absolute Gasteiger partial charge is 0.163 e. The average Bonchev–Trinajstić information content (AvgIpc) is 2.92. The molecule has 0 aliphatic carbocycles. The third-order valence-electron chi connectivity index (χ3n) is 3.43. The fraction of sp³-hybridized carbons (Fsp3) is 0.0588. The SMILES string of the molecule is c1ccc(CSn2cnc3nc4ccccc4c-3c2)cc1. The summed E-state index contributed by atoms with van der Waals surface area (Å²) in [6.07, 6.45) is 3.95. The number of aromatic nitrogens is 3. The lowest BCUT2D eigenvalue weighted by Gasteiger charge is -2.07. The Bertz CT molecular complexity index is 854. The van der Waals surface area contributed by atoms with Crippen molar-refractivity contribution < 1.29 is 0 Å². The summed E-state index contributed by atoms with van der Waals surface area (Å²) in [5.74, 6) is 1.73. The van der Waals surface area contributed by atoms with Crippen molar-refractivity contribution >= 4 is 22.9 Å². The first kappa shape index (κ1) is 12.4. The molecule has 0 atom stereocenters. The minimum Gasteiger partial charge on any atom is -0.280 e. The van der Waals surface area contributed by atoms with Gasteiger partial charge in [0.15, 0.2) is 5.82 Å². The van der Waals surface area contributed by atoms with E-state index in [1.54, 1.807) is 11.9 Å². The molecule has 0 amide bonds. The molecule has 0 saturated carbocycles. The molecule has 0 aromatic heterocycles. The Kier molecular flexibility index (Phi) is 3.09. The summed E-state index contributed by atoms with van der Waals surface area (Å²) < 4.78 is 2.06. The molecule has 0 N–H and O–H groups in total. The second-order valence-corrected chi connectivity index (χ2v) is 5.83. The van der Waals surface area contributed by atoms with Gasteiger partial charge in [0.25, 0.3) is 0 Å². The second-order valence-electron chi connectivity index (χ2n) is 4.86. The largest absolute Gasteiger partial charge is 0.280 e. The fourth-order valence-corrected chi connectivity index (χ4v) is 3.17. The number of hydrogen-bond acceptors (Lipinski definition) is 3. The van der Waals surface area contributed by atoms with E-state index in [0.29, 0.717) is 0 Å². The Morgan fingerprint density at radius 1 is 0.952 bits per heavy atom. The topological polar surface area (TPSA) is 30.7 Å². The summed E-state index contributed by atoms with van der Waals surface area (Å²) in [6.45, 7) is 0. The lowest BCUT2D eigenvalue weighted by Crippen LogP contribution is -1.94. The third-order valence-corrected chi connectivity index (χ3v) is 4.40. The highest BCUT2D eigenvalue weighted by Gasteiger charge is 2.12. The van der Waals surface area contributed by atoms with E-state index in [4.69, 9.17) is 0 Å². The number of nitrogens with zero attached hydrogens (tertiary/aromatic N) is 3. The number of rotatable bonds is 3. The van der Waals surface area contributed by atoms with Gasteiger partial charge in [0.1, 0.15) is 6.33 Å². The molecule has 3 nitrogen and oxygen atoms in total. The van der Waals surface area contributed by atoms with Gasteiger partial charge >= 0.3 is 0 Å². The molecule has 0 spiro atoms. The van der Waals surface area contributed by atoms with Gasteiger partial charge in [-0.1, -0.05) is 48.5 Å². The molecule has 0 saturated heterocycles. The van der Waals surface area contributed by atoms with E-state index < -0.39 is 0 Å². The fourth-order valence-electron chi connectivity index (χ4n) is 2.39. The maximum atomic E-state index is 4.54. The minimum atomic E-state index is 0.813. The van der Waals surface area contributed by atoms with Gasteiger partial charge in [0, 0.05) is 22.9 Å². The van der Waals surface area contributed by atoms with Gasteiger partial charge in [-0.25, -0.2) is 9.97 Å². The van der Waals surface area contributed by atoms with E-state index in [0.717, 1.165) is 28.0 Å². The summed E-state index contributed by atoms with van der Waals surface area (Å²) in [5, 5.41) is 1.16. The maximum absolute atomic E-state index is 4.54. The summed E-state index contributed by atoms with van der Waals surface area (Å²) >= 11 is 1.73. The standard InChI is InChI=1S/C17H13N3S/c1-2-6-13(7-3-1)11-21-20-10-15-14-8-4-5-9-16(14)19-17(15)18-12-20/h1-10,12H,11H2. The van der Waals surface area contributed by atoms with Gasteiger partial charge in [0.2, 0.25) is 0 Å². The summed E-state index contributed by atoms with van der Waals surface area (Å²) in [7, 11) is 0. The highest BCUT2D eigenvalue weighted by molar-refractivity contribution is 7.97. The molecule has 0 fully saturated rings. The molecule has 0 unspecified atom stereocenters. The zero-order valence-corrected chi connectivity index (χ0v) is 12.1. The van der Waals surface area contributed by atoms with E-state index in [1.165, 1.54) is 5.56 Å². The van der Waals surface area contributed by atoms with Gasteiger partial charge < -0.3 is 0 Å². The zero-order valence-electron chi connectivity index (χ0n) is 11.3. The molecule has 4 rings (SSSR count). The Labute approximate surface area is 127 Å². The molecule has 102 valence electrons. The zero-order chi connectivity index (χ0) is 14.1. The van der Waals surface area contributed by atoms with Crippen LogP contribution in [0.4, 0.5) is 0 Å². The van der Waals surface area contributed by atoms with Crippen molar-refractivity contribution in [3.63, 3.8) is 0 Å². The number of para-hydroxylation sites is 1. The quantitative estimate of drug-likeness (QED) is 0.566. The van der Waals surface area contributed by atoms with Gasteiger partial charge in [-0.3, -0.25) is 3.97 Å². The average molecular weight is 291 g/mol.